The highest BCUT2D eigenvalue weighted by molar-refractivity contribution is 5.94. The number of rotatable bonds is 7. The lowest BCUT2D eigenvalue weighted by molar-refractivity contribution is -0.138. The quantitative estimate of drug-likeness (QED) is 0.161. The molecule has 1 saturated carbocycles. The number of cyclic esters (lactones) is 1. The number of aliphatic hydroxyl groups excluding tert-OH is 1. The van der Waals surface area contributed by atoms with Crippen LogP contribution in [0.25, 0.3) is 0 Å². The predicted octanol–water partition coefficient (Wildman–Crippen LogP) is 2.13. The second kappa shape index (κ2) is 10.6. The van der Waals surface area contributed by atoms with Gasteiger partial charge in [0.15, 0.2) is 5.82 Å². The number of esters is 1. The fourth-order valence-corrected chi connectivity index (χ4v) is 4.73. The number of nitrogens with zero attached hydrogens (tertiary/aromatic N) is 4. The van der Waals surface area contributed by atoms with E-state index >= 15 is 0 Å². The number of hydrogen-bond donors (Lipinski definition) is 4. The first-order valence-corrected chi connectivity index (χ1v) is 11.0. The van der Waals surface area contributed by atoms with Crippen LogP contribution in [-0.4, -0.2) is 59.5 Å². The summed E-state index contributed by atoms with van der Waals surface area (Å²) < 4.78 is 5.09. The van der Waals surface area contributed by atoms with Gasteiger partial charge >= 0.3 is 5.97 Å². The number of pyridine rings is 1. The molecule has 33 heavy (non-hydrogen) atoms. The highest BCUT2D eigenvalue weighted by Gasteiger charge is 2.50. The van der Waals surface area contributed by atoms with Gasteiger partial charge < -0.3 is 20.1 Å². The topological polar surface area (TPSA) is 155 Å². The van der Waals surface area contributed by atoms with Gasteiger partial charge in [0.25, 0.3) is 0 Å². The van der Waals surface area contributed by atoms with Gasteiger partial charge in [-0.15, -0.1) is 0 Å². The van der Waals surface area contributed by atoms with Crippen molar-refractivity contribution in [3.05, 3.63) is 35.2 Å². The summed E-state index contributed by atoms with van der Waals surface area (Å²) in [5.41, 5.74) is 9.02. The number of nitrogens with one attached hydrogen (secondary N) is 3. The molecule has 1 aromatic rings. The number of anilines is 1. The summed E-state index contributed by atoms with van der Waals surface area (Å²) in [5.74, 6) is 0.255. The molecule has 1 spiro atoms. The molecule has 11 heteroatoms. The van der Waals surface area contributed by atoms with Gasteiger partial charge in [0.05, 0.1) is 16.7 Å². The fraction of sp³-hybridized carbons (Fsp3) is 0.545. The molecular formula is C22H31N7O4. The van der Waals surface area contributed by atoms with Crippen molar-refractivity contribution in [2.45, 2.75) is 51.6 Å². The van der Waals surface area contributed by atoms with Gasteiger partial charge in [-0.3, -0.25) is 10.2 Å². The van der Waals surface area contributed by atoms with Crippen molar-refractivity contribution in [2.24, 2.45) is 10.6 Å². The molecule has 2 fully saturated rings. The van der Waals surface area contributed by atoms with Crippen LogP contribution in [0.2, 0.25) is 0 Å². The molecule has 178 valence electrons. The lowest BCUT2D eigenvalue weighted by Gasteiger charge is -2.36. The van der Waals surface area contributed by atoms with E-state index in [0.29, 0.717) is 30.5 Å². The van der Waals surface area contributed by atoms with Gasteiger partial charge in [-0.1, -0.05) is 11.3 Å². The molecule has 4 rings (SSSR count). The standard InChI is InChI=1S/C21H27N7O3.CH4O/c1-14-17(12-31-19(14)29)27-9-8-21(20(27)30)6-4-16(5-7-21)24-10-15-2-3-18(25-11-15)28(13-22)26-23;1-2/h2-3,11,13,16,22-24H,4-10,12H2,1H3;2H,1H3. The third kappa shape index (κ3) is 4.93. The minimum atomic E-state index is -0.321. The molecule has 4 N–H and O–H groups in total. The Morgan fingerprint density at radius 2 is 2.06 bits per heavy atom. The molecule has 1 amide bonds. The Bertz CT molecular complexity index is 915. The van der Waals surface area contributed by atoms with E-state index < -0.39 is 0 Å². The number of aliphatic hydroxyl groups is 1. The van der Waals surface area contributed by atoms with Crippen LogP contribution >= 0.6 is 0 Å². The van der Waals surface area contributed by atoms with Gasteiger partial charge in [0, 0.05) is 32.4 Å². The second-order valence-corrected chi connectivity index (χ2v) is 8.39. The Morgan fingerprint density at radius 1 is 1.33 bits per heavy atom. The van der Waals surface area contributed by atoms with E-state index in [1.807, 2.05) is 6.07 Å². The first-order chi connectivity index (χ1) is 16.0. The van der Waals surface area contributed by atoms with E-state index in [2.05, 4.69) is 15.5 Å². The molecule has 3 aliphatic rings. The number of likely N-dealkylation sites (tertiary alicyclic amines) is 1. The maximum atomic E-state index is 13.2. The van der Waals surface area contributed by atoms with Crippen LogP contribution in [-0.2, 0) is 20.9 Å². The summed E-state index contributed by atoms with van der Waals surface area (Å²) in [5, 5.41) is 22.1. The Kier molecular flexibility index (Phi) is 7.88. The maximum Gasteiger partial charge on any atom is 0.336 e. The number of carbonyl (C=O) groups excluding carboxylic acids is 2. The average Bonchev–Trinajstić information content (AvgIpc) is 3.35. The zero-order chi connectivity index (χ0) is 24.0. The molecule has 0 radical (unpaired) electrons. The maximum absolute atomic E-state index is 13.2. The number of ether oxygens (including phenoxy) is 1. The molecule has 1 saturated heterocycles. The SMILES string of the molecule is CC1=C(N2CCC3(CCC(NCc4ccc(N(C=N)N=N)nc4)CC3)C2=O)COC1=O.CO. The zero-order valence-corrected chi connectivity index (χ0v) is 19.0. The predicted molar refractivity (Wildman–Crippen MR) is 120 cm³/mol. The summed E-state index contributed by atoms with van der Waals surface area (Å²) in [6.07, 6.45) is 7.03. The Labute approximate surface area is 192 Å². The molecule has 11 nitrogen and oxygen atoms in total. The van der Waals surface area contributed by atoms with Crippen molar-refractivity contribution in [3.63, 3.8) is 0 Å². The van der Waals surface area contributed by atoms with Crippen molar-refractivity contribution < 1.29 is 19.4 Å². The highest BCUT2D eigenvalue weighted by Crippen LogP contribution is 2.46. The smallest absolute Gasteiger partial charge is 0.336 e. The van der Waals surface area contributed by atoms with E-state index in [1.54, 1.807) is 24.1 Å². The van der Waals surface area contributed by atoms with Crippen LogP contribution in [0.4, 0.5) is 5.82 Å². The lowest BCUT2D eigenvalue weighted by Crippen LogP contribution is -2.42. The van der Waals surface area contributed by atoms with Gasteiger partial charge in [-0.05, 0) is 50.7 Å². The van der Waals surface area contributed by atoms with Crippen LogP contribution < -0.4 is 10.3 Å². The molecule has 2 aliphatic heterocycles. The summed E-state index contributed by atoms with van der Waals surface area (Å²) in [7, 11) is 1.00. The van der Waals surface area contributed by atoms with E-state index in [4.69, 9.17) is 20.8 Å². The Balaban J connectivity index is 0.00000149. The van der Waals surface area contributed by atoms with Crippen LogP contribution in [0.1, 0.15) is 44.6 Å². The third-order valence-corrected chi connectivity index (χ3v) is 6.73. The van der Waals surface area contributed by atoms with E-state index in [9.17, 15) is 9.59 Å². The first kappa shape index (κ1) is 24.5. The second-order valence-electron chi connectivity index (χ2n) is 8.39. The molecular weight excluding hydrogens is 426 g/mol. The monoisotopic (exact) mass is 457 g/mol. The fourth-order valence-electron chi connectivity index (χ4n) is 4.73. The molecule has 0 bridgehead atoms. The van der Waals surface area contributed by atoms with E-state index in [-0.39, 0.29) is 23.9 Å². The normalized spacial score (nSPS) is 24.5. The molecule has 0 atom stereocenters. The molecule has 1 aliphatic carbocycles. The largest absolute Gasteiger partial charge is 0.456 e. The van der Waals surface area contributed by atoms with Gasteiger partial charge in [-0.2, -0.15) is 10.5 Å². The van der Waals surface area contributed by atoms with Crippen molar-refractivity contribution >= 4 is 24.0 Å². The number of aromatic nitrogens is 1. The number of amides is 1. The van der Waals surface area contributed by atoms with Crippen LogP contribution in [0.5, 0.6) is 0 Å². The van der Waals surface area contributed by atoms with Crippen molar-refractivity contribution in [2.75, 3.05) is 25.3 Å². The van der Waals surface area contributed by atoms with Gasteiger partial charge in [0.2, 0.25) is 5.91 Å². The Hall–Kier alpha value is -3.18. The molecule has 3 heterocycles. The summed E-state index contributed by atoms with van der Waals surface area (Å²) in [6.45, 7) is 3.27. The molecule has 0 unspecified atom stereocenters. The highest BCUT2D eigenvalue weighted by atomic mass is 16.5. The van der Waals surface area contributed by atoms with Crippen LogP contribution in [0.15, 0.2) is 34.8 Å². The van der Waals surface area contributed by atoms with Crippen LogP contribution in [0, 0.1) is 16.4 Å². The van der Waals surface area contributed by atoms with Gasteiger partial charge in [0.1, 0.15) is 12.9 Å². The van der Waals surface area contributed by atoms with Crippen LogP contribution in [0.3, 0.4) is 0 Å². The third-order valence-electron chi connectivity index (χ3n) is 6.73. The molecule has 1 aromatic heterocycles. The number of hydrogen-bond acceptors (Lipinski definition) is 9. The zero-order valence-electron chi connectivity index (χ0n) is 19.0. The van der Waals surface area contributed by atoms with E-state index in [0.717, 1.165) is 61.8 Å². The first-order valence-electron chi connectivity index (χ1n) is 11.0. The van der Waals surface area contributed by atoms with E-state index in [1.165, 1.54) is 0 Å². The minimum Gasteiger partial charge on any atom is -0.456 e. The average molecular weight is 458 g/mol. The Morgan fingerprint density at radius 3 is 2.61 bits per heavy atom. The van der Waals surface area contributed by atoms with Gasteiger partial charge in [-0.25, -0.2) is 9.78 Å². The summed E-state index contributed by atoms with van der Waals surface area (Å²) in [6, 6.07) is 3.97. The van der Waals surface area contributed by atoms with Crippen molar-refractivity contribution in [1.29, 1.82) is 10.9 Å². The summed E-state index contributed by atoms with van der Waals surface area (Å²) in [4.78, 5) is 30.9. The van der Waals surface area contributed by atoms with Crippen molar-refractivity contribution in [3.8, 4) is 0 Å². The number of carbonyl (C=O) groups is 2. The molecule has 0 aromatic carbocycles. The minimum absolute atomic E-state index is 0.147. The lowest BCUT2D eigenvalue weighted by atomic mass is 9.71. The van der Waals surface area contributed by atoms with Crippen molar-refractivity contribution in [1.82, 2.24) is 15.2 Å². The summed E-state index contributed by atoms with van der Waals surface area (Å²) >= 11 is 0.